The van der Waals surface area contributed by atoms with Gasteiger partial charge in [-0.2, -0.15) is 0 Å². The minimum Gasteiger partial charge on any atom is -0.436 e. The van der Waals surface area contributed by atoms with Crippen LogP contribution in [-0.4, -0.2) is 19.9 Å². The highest BCUT2D eigenvalue weighted by Crippen LogP contribution is 2.35. The number of fused-ring (bicyclic) bond motifs is 1. The van der Waals surface area contributed by atoms with Gasteiger partial charge in [-0.15, -0.1) is 0 Å². The Hall–Kier alpha value is -6.20. The van der Waals surface area contributed by atoms with Crippen LogP contribution in [-0.2, 0) is 0 Å². The third-order valence-electron chi connectivity index (χ3n) is 7.74. The Morgan fingerprint density at radius 2 is 0.756 bits per heavy atom. The summed E-state index contributed by atoms with van der Waals surface area (Å²) in [6.07, 6.45) is 0. The molecule has 0 atom stereocenters. The predicted octanol–water partition coefficient (Wildman–Crippen LogP) is 10.0. The van der Waals surface area contributed by atoms with Gasteiger partial charge in [0, 0.05) is 22.3 Å². The molecule has 6 aromatic carbocycles. The highest BCUT2D eigenvalue weighted by atomic mass is 16.3. The quantitative estimate of drug-likeness (QED) is 0.196. The van der Waals surface area contributed by atoms with E-state index in [4.69, 9.17) is 24.4 Å². The van der Waals surface area contributed by atoms with Gasteiger partial charge in [0.15, 0.2) is 23.1 Å². The van der Waals surface area contributed by atoms with E-state index < -0.39 is 0 Å². The van der Waals surface area contributed by atoms with Gasteiger partial charge in [0.25, 0.3) is 0 Å². The van der Waals surface area contributed by atoms with Crippen LogP contribution in [0.1, 0.15) is 0 Å². The van der Waals surface area contributed by atoms with E-state index >= 15 is 0 Å². The second kappa shape index (κ2) is 11.5. The summed E-state index contributed by atoms with van der Waals surface area (Å²) in [4.78, 5) is 19.7. The standard InChI is InChI=1S/C40H26N4O/c1-5-13-27(14-6-1)32-23-33(31-21-22-36-35(26-31)41-40(45-36)30-19-11-4-12-20-30)25-34(24-32)39-43-37(28-15-7-2-8-16-28)42-38(44-39)29-17-9-3-10-18-29/h1-26H. The van der Waals surface area contributed by atoms with Crippen LogP contribution in [0.3, 0.4) is 0 Å². The number of rotatable bonds is 6. The first-order chi connectivity index (χ1) is 22.3. The van der Waals surface area contributed by atoms with E-state index in [0.29, 0.717) is 23.4 Å². The number of benzene rings is 6. The van der Waals surface area contributed by atoms with E-state index in [1.807, 2.05) is 103 Å². The Balaban J connectivity index is 1.30. The lowest BCUT2D eigenvalue weighted by Gasteiger charge is -2.12. The first-order valence-electron chi connectivity index (χ1n) is 14.8. The number of hydrogen-bond acceptors (Lipinski definition) is 5. The summed E-state index contributed by atoms with van der Waals surface area (Å²) in [5.41, 5.74) is 9.48. The van der Waals surface area contributed by atoms with Crippen LogP contribution in [0.15, 0.2) is 162 Å². The lowest BCUT2D eigenvalue weighted by Crippen LogP contribution is -2.00. The summed E-state index contributed by atoms with van der Waals surface area (Å²) in [5.74, 6) is 2.47. The van der Waals surface area contributed by atoms with Crippen molar-refractivity contribution in [1.29, 1.82) is 0 Å². The molecule has 0 saturated heterocycles. The van der Waals surface area contributed by atoms with Gasteiger partial charge < -0.3 is 4.42 Å². The molecule has 2 aromatic heterocycles. The number of oxazole rings is 1. The third kappa shape index (κ3) is 5.39. The molecule has 0 aliphatic carbocycles. The Kier molecular flexibility index (Phi) is 6.74. The zero-order valence-corrected chi connectivity index (χ0v) is 24.2. The molecule has 0 spiro atoms. The average molecular weight is 579 g/mol. The molecule has 0 N–H and O–H groups in total. The van der Waals surface area contributed by atoms with Crippen LogP contribution >= 0.6 is 0 Å². The van der Waals surface area contributed by atoms with Crippen LogP contribution in [0.5, 0.6) is 0 Å². The zero-order chi connectivity index (χ0) is 30.0. The maximum Gasteiger partial charge on any atom is 0.227 e. The largest absolute Gasteiger partial charge is 0.436 e. The lowest BCUT2D eigenvalue weighted by molar-refractivity contribution is 0.620. The van der Waals surface area contributed by atoms with Crippen molar-refractivity contribution in [1.82, 2.24) is 19.9 Å². The van der Waals surface area contributed by atoms with Crippen molar-refractivity contribution in [3.8, 4) is 67.9 Å². The minimum absolute atomic E-state index is 0.605. The van der Waals surface area contributed by atoms with Crippen molar-refractivity contribution in [3.05, 3.63) is 158 Å². The van der Waals surface area contributed by atoms with E-state index in [1.54, 1.807) is 0 Å². The molecule has 0 aliphatic rings. The first-order valence-corrected chi connectivity index (χ1v) is 14.8. The second-order valence-corrected chi connectivity index (χ2v) is 10.8. The molecule has 0 fully saturated rings. The summed E-state index contributed by atoms with van der Waals surface area (Å²) in [6.45, 7) is 0. The molecular formula is C40H26N4O. The molecule has 5 heteroatoms. The van der Waals surface area contributed by atoms with E-state index in [9.17, 15) is 0 Å². The first kappa shape index (κ1) is 26.4. The van der Waals surface area contributed by atoms with E-state index in [2.05, 4.69) is 54.6 Å². The lowest BCUT2D eigenvalue weighted by atomic mass is 9.95. The normalized spacial score (nSPS) is 11.1. The molecule has 45 heavy (non-hydrogen) atoms. The van der Waals surface area contributed by atoms with Crippen LogP contribution < -0.4 is 0 Å². The SMILES string of the molecule is c1ccc(-c2cc(-c3ccc4oc(-c5ccccc5)nc4c3)cc(-c3nc(-c4ccccc4)nc(-c4ccccc4)n3)c2)cc1. The second-order valence-electron chi connectivity index (χ2n) is 10.8. The number of nitrogens with zero attached hydrogens (tertiary/aromatic N) is 4. The minimum atomic E-state index is 0.605. The van der Waals surface area contributed by atoms with Gasteiger partial charge >= 0.3 is 0 Å². The smallest absolute Gasteiger partial charge is 0.227 e. The summed E-state index contributed by atoms with van der Waals surface area (Å²) in [7, 11) is 0. The molecule has 8 aromatic rings. The average Bonchev–Trinajstić information content (AvgIpc) is 3.57. The highest BCUT2D eigenvalue weighted by Gasteiger charge is 2.16. The van der Waals surface area contributed by atoms with Gasteiger partial charge in [-0.1, -0.05) is 115 Å². The summed E-state index contributed by atoms with van der Waals surface area (Å²) >= 11 is 0. The van der Waals surface area contributed by atoms with Crippen LogP contribution in [0.4, 0.5) is 0 Å². The van der Waals surface area contributed by atoms with Gasteiger partial charge in [0.2, 0.25) is 5.89 Å². The van der Waals surface area contributed by atoms with E-state index in [0.717, 1.165) is 55.6 Å². The predicted molar refractivity (Wildman–Crippen MR) is 180 cm³/mol. The van der Waals surface area contributed by atoms with Crippen molar-refractivity contribution in [2.24, 2.45) is 0 Å². The number of hydrogen-bond donors (Lipinski definition) is 0. The van der Waals surface area contributed by atoms with Crippen molar-refractivity contribution in [3.63, 3.8) is 0 Å². The molecule has 0 bridgehead atoms. The summed E-state index contributed by atoms with van der Waals surface area (Å²) in [6, 6.07) is 53.1. The molecular weight excluding hydrogens is 552 g/mol. The van der Waals surface area contributed by atoms with Crippen LogP contribution in [0.25, 0.3) is 79.0 Å². The van der Waals surface area contributed by atoms with Crippen molar-refractivity contribution in [2.75, 3.05) is 0 Å². The van der Waals surface area contributed by atoms with Crippen LogP contribution in [0.2, 0.25) is 0 Å². The maximum atomic E-state index is 6.10. The maximum absolute atomic E-state index is 6.10. The molecule has 5 nitrogen and oxygen atoms in total. The topological polar surface area (TPSA) is 64.7 Å². The van der Waals surface area contributed by atoms with Crippen molar-refractivity contribution < 1.29 is 4.42 Å². The Labute approximate surface area is 260 Å². The Morgan fingerprint density at radius 3 is 1.31 bits per heavy atom. The molecule has 2 heterocycles. The van der Waals surface area contributed by atoms with Crippen molar-refractivity contribution >= 4 is 11.1 Å². The van der Waals surface area contributed by atoms with E-state index in [1.165, 1.54) is 0 Å². The van der Waals surface area contributed by atoms with E-state index in [-0.39, 0.29) is 0 Å². The van der Waals surface area contributed by atoms with Gasteiger partial charge in [0.05, 0.1) is 0 Å². The van der Waals surface area contributed by atoms with Gasteiger partial charge in [-0.3, -0.25) is 0 Å². The number of aromatic nitrogens is 4. The molecule has 0 saturated carbocycles. The zero-order valence-electron chi connectivity index (χ0n) is 24.2. The van der Waals surface area contributed by atoms with Crippen molar-refractivity contribution in [2.45, 2.75) is 0 Å². The fourth-order valence-electron chi connectivity index (χ4n) is 5.47. The Morgan fingerprint density at radius 1 is 0.311 bits per heavy atom. The molecule has 0 aliphatic heterocycles. The van der Waals surface area contributed by atoms with Gasteiger partial charge in [0.1, 0.15) is 5.52 Å². The highest BCUT2D eigenvalue weighted by molar-refractivity contribution is 5.86. The monoisotopic (exact) mass is 578 g/mol. The third-order valence-corrected chi connectivity index (χ3v) is 7.74. The Bertz CT molecular complexity index is 2190. The summed E-state index contributed by atoms with van der Waals surface area (Å²) < 4.78 is 6.10. The molecule has 0 unspecified atom stereocenters. The fraction of sp³-hybridized carbons (Fsp3) is 0. The van der Waals surface area contributed by atoms with Gasteiger partial charge in [-0.25, -0.2) is 19.9 Å². The summed E-state index contributed by atoms with van der Waals surface area (Å²) in [5, 5.41) is 0. The molecule has 0 amide bonds. The molecule has 8 rings (SSSR count). The molecule has 212 valence electrons. The fourth-order valence-corrected chi connectivity index (χ4v) is 5.47. The van der Waals surface area contributed by atoms with Gasteiger partial charge in [-0.05, 0) is 64.7 Å². The van der Waals surface area contributed by atoms with Crippen LogP contribution in [0, 0.1) is 0 Å². The molecule has 0 radical (unpaired) electrons.